The maximum atomic E-state index is 11.3. The van der Waals surface area contributed by atoms with E-state index >= 15 is 0 Å². The Morgan fingerprint density at radius 3 is 2.83 bits per heavy atom. The Kier molecular flexibility index (Phi) is 3.87. The Labute approximate surface area is 107 Å². The minimum atomic E-state index is 0.0567. The zero-order valence-corrected chi connectivity index (χ0v) is 10.9. The summed E-state index contributed by atoms with van der Waals surface area (Å²) in [5.74, 6) is 0.448. The summed E-state index contributed by atoms with van der Waals surface area (Å²) < 4.78 is 0. The third kappa shape index (κ3) is 2.82. The number of aryl methyl sites for hydroxylation is 1. The molecule has 4 heteroatoms. The molecule has 0 aromatic heterocycles. The van der Waals surface area contributed by atoms with Gasteiger partial charge < -0.3 is 15.7 Å². The maximum Gasteiger partial charge on any atom is 0.224 e. The second-order valence-electron chi connectivity index (χ2n) is 5.10. The average Bonchev–Trinajstić information content (AvgIpc) is 2.35. The number of benzene rings is 1. The first kappa shape index (κ1) is 12.9. The van der Waals surface area contributed by atoms with Crippen LogP contribution in [0.2, 0.25) is 0 Å². The first-order chi connectivity index (χ1) is 8.60. The van der Waals surface area contributed by atoms with Crippen molar-refractivity contribution in [3.63, 3.8) is 0 Å². The molecule has 1 aromatic rings. The van der Waals surface area contributed by atoms with Crippen LogP contribution in [-0.2, 0) is 11.2 Å². The van der Waals surface area contributed by atoms with E-state index in [-0.39, 0.29) is 18.6 Å². The molecular formula is C14H20N2O2. The Balaban J connectivity index is 2.14. The molecule has 4 nitrogen and oxygen atoms in total. The lowest BCUT2D eigenvalue weighted by molar-refractivity contribution is -0.116. The van der Waals surface area contributed by atoms with Crippen LogP contribution in [-0.4, -0.2) is 23.7 Å². The van der Waals surface area contributed by atoms with E-state index in [2.05, 4.69) is 30.5 Å². The molecule has 1 heterocycles. The van der Waals surface area contributed by atoms with Gasteiger partial charge in [0.15, 0.2) is 0 Å². The number of fused-ring (bicyclic) bond motifs is 1. The van der Waals surface area contributed by atoms with E-state index in [9.17, 15) is 9.90 Å². The van der Waals surface area contributed by atoms with Gasteiger partial charge in [-0.25, -0.2) is 0 Å². The van der Waals surface area contributed by atoms with Gasteiger partial charge in [-0.2, -0.15) is 0 Å². The van der Waals surface area contributed by atoms with Gasteiger partial charge in [-0.3, -0.25) is 4.79 Å². The fourth-order valence-corrected chi connectivity index (χ4v) is 2.11. The molecular weight excluding hydrogens is 228 g/mol. The van der Waals surface area contributed by atoms with Crippen molar-refractivity contribution in [3.05, 3.63) is 23.8 Å². The van der Waals surface area contributed by atoms with Crippen molar-refractivity contribution in [2.75, 3.05) is 17.2 Å². The highest BCUT2D eigenvalue weighted by Crippen LogP contribution is 2.26. The molecule has 0 spiro atoms. The lowest BCUT2D eigenvalue weighted by atomic mass is 10.0. The van der Waals surface area contributed by atoms with Crippen molar-refractivity contribution in [3.8, 4) is 0 Å². The molecule has 1 amide bonds. The largest absolute Gasteiger partial charge is 0.394 e. The molecule has 0 bridgehead atoms. The molecule has 1 aromatic carbocycles. The van der Waals surface area contributed by atoms with Crippen molar-refractivity contribution in [1.29, 1.82) is 0 Å². The number of rotatable bonds is 4. The van der Waals surface area contributed by atoms with Crippen molar-refractivity contribution in [2.45, 2.75) is 32.7 Å². The summed E-state index contributed by atoms with van der Waals surface area (Å²) in [7, 11) is 0. The van der Waals surface area contributed by atoms with E-state index < -0.39 is 0 Å². The molecule has 1 atom stereocenters. The number of hydrogen-bond acceptors (Lipinski definition) is 3. The third-order valence-corrected chi connectivity index (χ3v) is 3.35. The molecule has 0 saturated carbocycles. The standard InChI is InChI=1S/C14H20N2O2/c1-9(2)13(8-17)15-11-4-5-12-10(7-11)3-6-14(18)16-12/h4-5,7,9,13,15,17H,3,6,8H2,1-2H3,(H,16,18). The number of carbonyl (C=O) groups is 1. The molecule has 3 N–H and O–H groups in total. The van der Waals surface area contributed by atoms with Gasteiger partial charge in [0, 0.05) is 17.8 Å². The SMILES string of the molecule is CC(C)C(CO)Nc1ccc2c(c1)CCC(=O)N2. The number of nitrogens with one attached hydrogen (secondary N) is 2. The number of anilines is 2. The summed E-state index contributed by atoms with van der Waals surface area (Å²) in [5.41, 5.74) is 3.06. The average molecular weight is 248 g/mol. The molecule has 0 radical (unpaired) electrons. The van der Waals surface area contributed by atoms with Crippen LogP contribution in [0.5, 0.6) is 0 Å². The van der Waals surface area contributed by atoms with Gasteiger partial charge in [-0.05, 0) is 36.1 Å². The zero-order chi connectivity index (χ0) is 13.1. The highest BCUT2D eigenvalue weighted by molar-refractivity contribution is 5.94. The van der Waals surface area contributed by atoms with E-state index in [1.165, 1.54) is 0 Å². The number of amides is 1. The van der Waals surface area contributed by atoms with Crippen molar-refractivity contribution < 1.29 is 9.90 Å². The monoisotopic (exact) mass is 248 g/mol. The van der Waals surface area contributed by atoms with Gasteiger partial charge in [0.2, 0.25) is 5.91 Å². The van der Waals surface area contributed by atoms with Gasteiger partial charge in [-0.15, -0.1) is 0 Å². The number of hydrogen-bond donors (Lipinski definition) is 3. The van der Waals surface area contributed by atoms with E-state index in [0.29, 0.717) is 12.3 Å². The maximum absolute atomic E-state index is 11.3. The summed E-state index contributed by atoms with van der Waals surface area (Å²) >= 11 is 0. The van der Waals surface area contributed by atoms with Crippen LogP contribution in [0.4, 0.5) is 11.4 Å². The van der Waals surface area contributed by atoms with Crippen LogP contribution in [0.3, 0.4) is 0 Å². The Bertz CT molecular complexity index is 443. The Morgan fingerprint density at radius 1 is 1.39 bits per heavy atom. The van der Waals surface area contributed by atoms with Gasteiger partial charge in [-0.1, -0.05) is 13.8 Å². The van der Waals surface area contributed by atoms with Crippen molar-refractivity contribution in [1.82, 2.24) is 0 Å². The van der Waals surface area contributed by atoms with Crippen LogP contribution >= 0.6 is 0 Å². The molecule has 0 fully saturated rings. The summed E-state index contributed by atoms with van der Waals surface area (Å²) in [6, 6.07) is 5.97. The minimum absolute atomic E-state index is 0.0567. The second kappa shape index (κ2) is 5.40. The first-order valence-electron chi connectivity index (χ1n) is 6.40. The topological polar surface area (TPSA) is 61.4 Å². The van der Waals surface area contributed by atoms with Gasteiger partial charge in [0.25, 0.3) is 0 Å². The predicted octanol–water partition coefficient (Wildman–Crippen LogP) is 2.00. The molecule has 98 valence electrons. The molecule has 2 rings (SSSR count). The Hall–Kier alpha value is -1.55. The third-order valence-electron chi connectivity index (χ3n) is 3.35. The van der Waals surface area contributed by atoms with Crippen LogP contribution in [0.1, 0.15) is 25.8 Å². The van der Waals surface area contributed by atoms with Crippen LogP contribution < -0.4 is 10.6 Å². The Morgan fingerprint density at radius 2 is 2.17 bits per heavy atom. The quantitative estimate of drug-likeness (QED) is 0.763. The van der Waals surface area contributed by atoms with E-state index in [1.807, 2.05) is 12.1 Å². The number of aliphatic hydroxyl groups is 1. The fourth-order valence-electron chi connectivity index (χ4n) is 2.11. The van der Waals surface area contributed by atoms with Crippen LogP contribution in [0, 0.1) is 5.92 Å². The van der Waals surface area contributed by atoms with Gasteiger partial charge >= 0.3 is 0 Å². The fraction of sp³-hybridized carbons (Fsp3) is 0.500. The summed E-state index contributed by atoms with van der Waals surface area (Å²) in [5, 5.41) is 15.5. The lowest BCUT2D eigenvalue weighted by Gasteiger charge is -2.23. The molecule has 0 aliphatic carbocycles. The van der Waals surface area contributed by atoms with E-state index in [4.69, 9.17) is 0 Å². The minimum Gasteiger partial charge on any atom is -0.394 e. The molecule has 18 heavy (non-hydrogen) atoms. The smallest absolute Gasteiger partial charge is 0.224 e. The second-order valence-corrected chi connectivity index (χ2v) is 5.10. The summed E-state index contributed by atoms with van der Waals surface area (Å²) in [6.45, 7) is 4.27. The van der Waals surface area contributed by atoms with Crippen molar-refractivity contribution >= 4 is 17.3 Å². The molecule has 0 saturated heterocycles. The first-order valence-corrected chi connectivity index (χ1v) is 6.40. The molecule has 1 unspecified atom stereocenters. The summed E-state index contributed by atoms with van der Waals surface area (Å²) in [6.07, 6.45) is 1.33. The highest BCUT2D eigenvalue weighted by Gasteiger charge is 2.16. The van der Waals surface area contributed by atoms with Gasteiger partial charge in [0.1, 0.15) is 0 Å². The summed E-state index contributed by atoms with van der Waals surface area (Å²) in [4.78, 5) is 11.3. The van der Waals surface area contributed by atoms with Crippen LogP contribution in [0.15, 0.2) is 18.2 Å². The molecule has 1 aliphatic rings. The zero-order valence-electron chi connectivity index (χ0n) is 10.9. The van der Waals surface area contributed by atoms with Crippen LogP contribution in [0.25, 0.3) is 0 Å². The number of carbonyl (C=O) groups excluding carboxylic acids is 1. The lowest BCUT2D eigenvalue weighted by Crippen LogP contribution is -2.29. The number of aliphatic hydroxyl groups excluding tert-OH is 1. The highest BCUT2D eigenvalue weighted by atomic mass is 16.3. The van der Waals surface area contributed by atoms with Gasteiger partial charge in [0.05, 0.1) is 12.6 Å². The molecule has 1 aliphatic heterocycles. The predicted molar refractivity (Wildman–Crippen MR) is 72.7 cm³/mol. The normalized spacial score (nSPS) is 16.1. The van der Waals surface area contributed by atoms with E-state index in [0.717, 1.165) is 23.4 Å². The van der Waals surface area contributed by atoms with Crippen molar-refractivity contribution in [2.24, 2.45) is 5.92 Å². The van der Waals surface area contributed by atoms with E-state index in [1.54, 1.807) is 0 Å².